The number of rotatable bonds is 4. The van der Waals surface area contributed by atoms with E-state index < -0.39 is 10.0 Å². The molecule has 2 aliphatic rings. The van der Waals surface area contributed by atoms with Gasteiger partial charge < -0.3 is 9.88 Å². The molecule has 2 fully saturated rings. The maximum atomic E-state index is 12.5. The molecule has 1 saturated carbocycles. The molecular weight excluding hydrogens is 314 g/mol. The number of aromatic amines is 1. The van der Waals surface area contributed by atoms with Gasteiger partial charge in [0.1, 0.15) is 10.6 Å². The molecule has 1 aromatic heterocycles. The summed E-state index contributed by atoms with van der Waals surface area (Å²) < 4.78 is 27.7. The van der Waals surface area contributed by atoms with Crippen LogP contribution in [0.15, 0.2) is 17.2 Å². The van der Waals surface area contributed by atoms with Crippen molar-refractivity contribution in [3.05, 3.63) is 18.0 Å². The monoisotopic (exact) mass is 339 g/mol. The zero-order valence-electron chi connectivity index (χ0n) is 13.5. The molecule has 1 saturated heterocycles. The van der Waals surface area contributed by atoms with Gasteiger partial charge in [0, 0.05) is 25.3 Å². The predicted molar refractivity (Wildman–Crippen MR) is 87.7 cm³/mol. The molecule has 3 rings (SSSR count). The smallest absolute Gasteiger partial charge is 0.270 e. The number of amides is 1. The molecule has 0 aromatic carbocycles. The van der Waals surface area contributed by atoms with Crippen LogP contribution in [0.1, 0.15) is 55.9 Å². The highest BCUT2D eigenvalue weighted by Gasteiger charge is 2.27. The number of nitrogens with one attached hydrogen (secondary N) is 2. The lowest BCUT2D eigenvalue weighted by atomic mass is 9.88. The lowest BCUT2D eigenvalue weighted by Gasteiger charge is -2.26. The SMILES string of the molecule is CC1CCC(NS(=O)(=O)c2c[nH]c(C(=O)N3CCCC3)c2)CC1. The van der Waals surface area contributed by atoms with Gasteiger partial charge in [-0.15, -0.1) is 0 Å². The highest BCUT2D eigenvalue weighted by atomic mass is 32.2. The molecule has 2 N–H and O–H groups in total. The summed E-state index contributed by atoms with van der Waals surface area (Å²) in [5.74, 6) is 0.558. The Balaban J connectivity index is 1.67. The number of carbonyl (C=O) groups excluding carboxylic acids is 1. The van der Waals surface area contributed by atoms with Gasteiger partial charge in [0.05, 0.1) is 0 Å². The molecule has 6 nitrogen and oxygen atoms in total. The average Bonchev–Trinajstić information content (AvgIpc) is 3.20. The van der Waals surface area contributed by atoms with Crippen LogP contribution in [0.5, 0.6) is 0 Å². The summed E-state index contributed by atoms with van der Waals surface area (Å²) in [6.45, 7) is 3.70. The fourth-order valence-corrected chi connectivity index (χ4v) is 4.71. The Hall–Kier alpha value is -1.34. The molecule has 0 unspecified atom stereocenters. The zero-order chi connectivity index (χ0) is 16.4. The van der Waals surface area contributed by atoms with Crippen LogP contribution < -0.4 is 4.72 Å². The average molecular weight is 339 g/mol. The quantitative estimate of drug-likeness (QED) is 0.881. The van der Waals surface area contributed by atoms with Crippen molar-refractivity contribution >= 4 is 15.9 Å². The van der Waals surface area contributed by atoms with Crippen LogP contribution in [0.2, 0.25) is 0 Å². The van der Waals surface area contributed by atoms with Crippen molar-refractivity contribution in [3.8, 4) is 0 Å². The lowest BCUT2D eigenvalue weighted by Crippen LogP contribution is -2.37. The Kier molecular flexibility index (Phi) is 4.77. The van der Waals surface area contributed by atoms with Crippen LogP contribution in [0.3, 0.4) is 0 Å². The van der Waals surface area contributed by atoms with Gasteiger partial charge in [-0.1, -0.05) is 6.92 Å². The maximum absolute atomic E-state index is 12.5. The van der Waals surface area contributed by atoms with E-state index in [1.54, 1.807) is 4.90 Å². The minimum Gasteiger partial charge on any atom is -0.356 e. The van der Waals surface area contributed by atoms with Crippen molar-refractivity contribution in [1.29, 1.82) is 0 Å². The Labute approximate surface area is 137 Å². The molecule has 0 radical (unpaired) electrons. The van der Waals surface area contributed by atoms with Gasteiger partial charge in [-0.25, -0.2) is 13.1 Å². The fraction of sp³-hybridized carbons (Fsp3) is 0.688. The lowest BCUT2D eigenvalue weighted by molar-refractivity contribution is 0.0787. The maximum Gasteiger partial charge on any atom is 0.270 e. The molecule has 128 valence electrons. The Morgan fingerprint density at radius 1 is 1.22 bits per heavy atom. The van der Waals surface area contributed by atoms with E-state index in [1.165, 1.54) is 12.3 Å². The number of sulfonamides is 1. The summed E-state index contributed by atoms with van der Waals surface area (Å²) in [7, 11) is -3.57. The highest BCUT2D eigenvalue weighted by Crippen LogP contribution is 2.25. The first-order valence-corrected chi connectivity index (χ1v) is 9.94. The summed E-state index contributed by atoms with van der Waals surface area (Å²) >= 11 is 0. The largest absolute Gasteiger partial charge is 0.356 e. The Bertz CT molecular complexity index is 654. The van der Waals surface area contributed by atoms with Gasteiger partial charge in [0.15, 0.2) is 0 Å². The van der Waals surface area contributed by atoms with Crippen molar-refractivity contribution in [2.75, 3.05) is 13.1 Å². The number of likely N-dealkylation sites (tertiary alicyclic amines) is 1. The molecule has 1 aromatic rings. The number of aromatic nitrogens is 1. The predicted octanol–water partition coefficient (Wildman–Crippen LogP) is 2.11. The van der Waals surface area contributed by atoms with Crippen LogP contribution in [0.25, 0.3) is 0 Å². The van der Waals surface area contributed by atoms with Crippen molar-refractivity contribution in [2.24, 2.45) is 5.92 Å². The number of H-pyrrole nitrogens is 1. The van der Waals surface area contributed by atoms with Gasteiger partial charge >= 0.3 is 0 Å². The van der Waals surface area contributed by atoms with E-state index in [0.717, 1.165) is 51.6 Å². The van der Waals surface area contributed by atoms with Crippen molar-refractivity contribution in [1.82, 2.24) is 14.6 Å². The minimum atomic E-state index is -3.57. The molecule has 7 heteroatoms. The van der Waals surface area contributed by atoms with Crippen LogP contribution in [-0.2, 0) is 10.0 Å². The normalized spacial score (nSPS) is 25.7. The molecular formula is C16H25N3O3S. The van der Waals surface area contributed by atoms with E-state index in [1.807, 2.05) is 0 Å². The Morgan fingerprint density at radius 2 is 1.87 bits per heavy atom. The van der Waals surface area contributed by atoms with Gasteiger partial charge in [-0.3, -0.25) is 4.79 Å². The van der Waals surface area contributed by atoms with E-state index in [4.69, 9.17) is 0 Å². The van der Waals surface area contributed by atoms with Gasteiger partial charge in [0.2, 0.25) is 10.0 Å². The third-order valence-electron chi connectivity index (χ3n) is 4.93. The first-order chi connectivity index (χ1) is 11.0. The second-order valence-corrected chi connectivity index (χ2v) is 8.54. The fourth-order valence-electron chi connectivity index (χ4n) is 3.41. The third kappa shape index (κ3) is 3.77. The first-order valence-electron chi connectivity index (χ1n) is 8.46. The number of hydrogen-bond donors (Lipinski definition) is 2. The molecule has 1 amide bonds. The third-order valence-corrected chi connectivity index (χ3v) is 6.43. The standard InChI is InChI=1S/C16H25N3O3S/c1-12-4-6-13(7-5-12)18-23(21,22)14-10-15(17-11-14)16(20)19-8-2-3-9-19/h10-13,17-18H,2-9H2,1H3. The van der Waals surface area contributed by atoms with Crippen LogP contribution >= 0.6 is 0 Å². The summed E-state index contributed by atoms with van der Waals surface area (Å²) in [6, 6.07) is 1.46. The molecule has 2 heterocycles. The van der Waals surface area contributed by atoms with Crippen molar-refractivity contribution < 1.29 is 13.2 Å². The van der Waals surface area contributed by atoms with Crippen LogP contribution in [0, 0.1) is 5.92 Å². The van der Waals surface area contributed by atoms with E-state index in [-0.39, 0.29) is 16.8 Å². The Morgan fingerprint density at radius 3 is 2.52 bits per heavy atom. The topological polar surface area (TPSA) is 82.3 Å². The minimum absolute atomic E-state index is 0.00355. The van der Waals surface area contributed by atoms with Crippen molar-refractivity contribution in [3.63, 3.8) is 0 Å². The number of nitrogens with zero attached hydrogens (tertiary/aromatic N) is 1. The first kappa shape index (κ1) is 16.5. The molecule has 0 bridgehead atoms. The molecule has 1 aliphatic heterocycles. The highest BCUT2D eigenvalue weighted by molar-refractivity contribution is 7.89. The molecule has 0 spiro atoms. The summed E-state index contributed by atoms with van der Waals surface area (Å²) in [6.07, 6.45) is 7.31. The molecule has 0 atom stereocenters. The summed E-state index contributed by atoms with van der Waals surface area (Å²) in [5.41, 5.74) is 0.351. The van der Waals surface area contributed by atoms with Gasteiger partial charge in [-0.05, 0) is 50.5 Å². The second kappa shape index (κ2) is 6.65. The molecule has 1 aliphatic carbocycles. The number of carbonyl (C=O) groups is 1. The van der Waals surface area contributed by atoms with Crippen molar-refractivity contribution in [2.45, 2.75) is 56.4 Å². The number of hydrogen-bond acceptors (Lipinski definition) is 3. The van der Waals surface area contributed by atoms with E-state index in [2.05, 4.69) is 16.6 Å². The van der Waals surface area contributed by atoms with E-state index in [9.17, 15) is 13.2 Å². The van der Waals surface area contributed by atoms with Gasteiger partial charge in [-0.2, -0.15) is 0 Å². The second-order valence-electron chi connectivity index (χ2n) is 6.83. The van der Waals surface area contributed by atoms with Crippen LogP contribution in [0.4, 0.5) is 0 Å². The van der Waals surface area contributed by atoms with E-state index >= 15 is 0 Å². The zero-order valence-corrected chi connectivity index (χ0v) is 14.4. The van der Waals surface area contributed by atoms with Gasteiger partial charge in [0.25, 0.3) is 5.91 Å². The van der Waals surface area contributed by atoms with Crippen LogP contribution in [-0.4, -0.2) is 43.3 Å². The van der Waals surface area contributed by atoms with E-state index in [0.29, 0.717) is 11.6 Å². The summed E-state index contributed by atoms with van der Waals surface area (Å²) in [4.78, 5) is 17.0. The summed E-state index contributed by atoms with van der Waals surface area (Å²) in [5, 5.41) is 0. The molecule has 23 heavy (non-hydrogen) atoms.